The number of hydrogen-bond donors (Lipinski definition) is 1. The molecule has 0 atom stereocenters. The maximum absolute atomic E-state index is 13.9. The summed E-state index contributed by atoms with van der Waals surface area (Å²) in [6.45, 7) is 6.89. The molecular weight excluding hydrogens is 418 g/mol. The number of carbonyl (C=O) groups is 1. The van der Waals surface area contributed by atoms with Gasteiger partial charge in [-0.2, -0.15) is 5.10 Å². The summed E-state index contributed by atoms with van der Waals surface area (Å²) in [6, 6.07) is 0. The van der Waals surface area contributed by atoms with E-state index in [-0.39, 0.29) is 50.3 Å². The summed E-state index contributed by atoms with van der Waals surface area (Å²) in [5.41, 5.74) is 2.89. The van der Waals surface area contributed by atoms with Gasteiger partial charge < -0.3 is 18.1 Å². The number of Topliss-reactive ketones (excluding diaryl/α,β-unsaturated/α-hetero) is 1. The third kappa shape index (κ3) is 4.86. The van der Waals surface area contributed by atoms with Crippen LogP contribution in [0.25, 0.3) is 0 Å². The van der Waals surface area contributed by atoms with Crippen molar-refractivity contribution < 1.29 is 32.0 Å². The van der Waals surface area contributed by atoms with E-state index in [0.29, 0.717) is 0 Å². The summed E-state index contributed by atoms with van der Waals surface area (Å²) in [7, 11) is -8.17. The Morgan fingerprint density at radius 1 is 0.931 bits per heavy atom. The molecule has 0 bridgehead atoms. The van der Waals surface area contributed by atoms with Gasteiger partial charge in [-0.1, -0.05) is 19.3 Å². The summed E-state index contributed by atoms with van der Waals surface area (Å²) in [4.78, 5) is 13.1. The van der Waals surface area contributed by atoms with Crippen molar-refractivity contribution in [1.82, 2.24) is 5.43 Å². The van der Waals surface area contributed by atoms with Crippen molar-refractivity contribution in [3.63, 3.8) is 0 Å². The number of hydrazone groups is 1. The molecule has 0 unspecified atom stereocenters. The summed E-state index contributed by atoms with van der Waals surface area (Å²) in [5, 5.41) is 2.29. The number of carbonyl (C=O) groups excluding carboxylic acids is 1. The second-order valence-corrected chi connectivity index (χ2v) is 11.9. The Bertz CT molecular complexity index is 642. The van der Waals surface area contributed by atoms with Crippen molar-refractivity contribution in [1.29, 1.82) is 0 Å². The van der Waals surface area contributed by atoms with Crippen molar-refractivity contribution in [2.45, 2.75) is 71.2 Å². The van der Waals surface area contributed by atoms with Gasteiger partial charge in [0.2, 0.25) is 0 Å². The van der Waals surface area contributed by atoms with E-state index in [4.69, 9.17) is 18.1 Å². The first-order chi connectivity index (χ1) is 13.8. The van der Waals surface area contributed by atoms with E-state index in [0.717, 1.165) is 32.1 Å². The highest BCUT2D eigenvalue weighted by Crippen LogP contribution is 2.78. The molecule has 1 fully saturated rings. The molecule has 11 heteroatoms. The number of rotatable bonds is 12. The minimum atomic E-state index is -4.09. The molecule has 0 aromatic rings. The zero-order valence-electron chi connectivity index (χ0n) is 17.8. The molecule has 29 heavy (non-hydrogen) atoms. The molecule has 1 aliphatic heterocycles. The quantitative estimate of drug-likeness (QED) is 0.425. The van der Waals surface area contributed by atoms with Crippen LogP contribution in [-0.4, -0.2) is 42.9 Å². The molecule has 0 aromatic heterocycles. The van der Waals surface area contributed by atoms with E-state index < -0.39 is 20.2 Å². The fraction of sp³-hybridized carbons (Fsp3) is 0.889. The first kappa shape index (κ1) is 24.7. The van der Waals surface area contributed by atoms with Gasteiger partial charge in [0.05, 0.1) is 26.4 Å². The van der Waals surface area contributed by atoms with E-state index in [1.165, 1.54) is 0 Å². The Morgan fingerprint density at radius 2 is 1.38 bits per heavy atom. The first-order valence-corrected chi connectivity index (χ1v) is 13.6. The van der Waals surface area contributed by atoms with Crippen LogP contribution in [0.4, 0.5) is 0 Å². The molecule has 1 aliphatic carbocycles. The predicted octanol–water partition coefficient (Wildman–Crippen LogP) is 4.67. The Balaban J connectivity index is 2.45. The molecule has 0 spiro atoms. The Labute approximate surface area is 173 Å². The van der Waals surface area contributed by atoms with Gasteiger partial charge in [0.15, 0.2) is 5.78 Å². The highest BCUT2D eigenvalue weighted by molar-refractivity contribution is 7.74. The van der Waals surface area contributed by atoms with Crippen LogP contribution in [0, 0.1) is 5.92 Å². The molecule has 1 N–H and O–H groups in total. The average molecular weight is 452 g/mol. The Hall–Kier alpha value is -0.560. The first-order valence-electron chi connectivity index (χ1n) is 10.5. The van der Waals surface area contributed by atoms with Crippen molar-refractivity contribution in [2.75, 3.05) is 26.4 Å². The third-order valence-electron chi connectivity index (χ3n) is 5.15. The second kappa shape index (κ2) is 10.7. The fourth-order valence-corrected chi connectivity index (χ4v) is 9.15. The largest absolute Gasteiger partial charge is 0.370 e. The summed E-state index contributed by atoms with van der Waals surface area (Å²) >= 11 is 0. The van der Waals surface area contributed by atoms with Gasteiger partial charge in [0, 0.05) is 12.3 Å². The third-order valence-corrected chi connectivity index (χ3v) is 11.3. The lowest BCUT2D eigenvalue weighted by atomic mass is 9.84. The average Bonchev–Trinajstić information content (AvgIpc) is 3.17. The lowest BCUT2D eigenvalue weighted by Gasteiger charge is -2.38. The fourth-order valence-electron chi connectivity index (χ4n) is 3.86. The van der Waals surface area contributed by atoms with Gasteiger partial charge in [-0.3, -0.25) is 19.4 Å². The van der Waals surface area contributed by atoms with Crippen LogP contribution in [-0.2, 0) is 32.0 Å². The Morgan fingerprint density at radius 3 is 1.79 bits per heavy atom. The van der Waals surface area contributed by atoms with E-state index >= 15 is 0 Å². The number of ketones is 1. The molecule has 168 valence electrons. The van der Waals surface area contributed by atoms with Crippen LogP contribution >= 0.6 is 15.2 Å². The number of nitrogens with zero attached hydrogens (tertiary/aromatic N) is 1. The number of nitrogens with one attached hydrogen (secondary N) is 1. The summed E-state index contributed by atoms with van der Waals surface area (Å²) in [6.07, 6.45) is 4.51. The van der Waals surface area contributed by atoms with Crippen molar-refractivity contribution in [2.24, 2.45) is 11.0 Å². The minimum absolute atomic E-state index is 0.0604. The lowest BCUT2D eigenvalue weighted by molar-refractivity contribution is -0.117. The summed E-state index contributed by atoms with van der Waals surface area (Å²) in [5.74, 6) is -0.240. The maximum atomic E-state index is 13.9. The van der Waals surface area contributed by atoms with Crippen LogP contribution < -0.4 is 5.43 Å². The van der Waals surface area contributed by atoms with E-state index in [9.17, 15) is 13.9 Å². The maximum Gasteiger partial charge on any atom is 0.370 e. The molecule has 1 saturated carbocycles. The molecule has 0 radical (unpaired) electrons. The number of hydrogen-bond acceptors (Lipinski definition) is 9. The smallest absolute Gasteiger partial charge is 0.307 e. The molecule has 1 heterocycles. The van der Waals surface area contributed by atoms with Gasteiger partial charge in [-0.25, -0.2) is 0 Å². The van der Waals surface area contributed by atoms with Crippen molar-refractivity contribution in [3.8, 4) is 0 Å². The molecular formula is C18H34N2O7P2. The molecule has 2 aliphatic rings. The zero-order chi connectivity index (χ0) is 21.5. The van der Waals surface area contributed by atoms with Crippen LogP contribution in [0.3, 0.4) is 0 Å². The Kier molecular flexibility index (Phi) is 9.07. The molecule has 0 aromatic carbocycles. The molecule has 2 rings (SSSR count). The van der Waals surface area contributed by atoms with E-state index in [1.807, 2.05) is 0 Å². The van der Waals surface area contributed by atoms with Gasteiger partial charge in [-0.15, -0.1) is 0 Å². The van der Waals surface area contributed by atoms with Gasteiger partial charge in [0.25, 0.3) is 5.02 Å². The van der Waals surface area contributed by atoms with Crippen LogP contribution in [0.15, 0.2) is 5.10 Å². The highest BCUT2D eigenvalue weighted by atomic mass is 31.2. The molecule has 9 nitrogen and oxygen atoms in total. The van der Waals surface area contributed by atoms with Crippen LogP contribution in [0.1, 0.15) is 66.2 Å². The standard InChI is InChI=1S/C18H34N2O7P2/c1-5-24-28(22,25-6-2)18(29(23,26-7-3)27-8-4)14-16(19-20-18)17(21)15-12-10-9-11-13-15/h15,20H,5-14H2,1-4H3. The highest BCUT2D eigenvalue weighted by Gasteiger charge is 2.68. The minimum Gasteiger partial charge on any atom is -0.307 e. The van der Waals surface area contributed by atoms with Gasteiger partial charge in [-0.05, 0) is 40.5 Å². The SMILES string of the molecule is CCOP(=O)(OCC)C1(P(=O)(OCC)OCC)CC(C(=O)C2CCCCC2)=NN1. The van der Waals surface area contributed by atoms with E-state index in [2.05, 4.69) is 10.5 Å². The molecule has 0 saturated heterocycles. The van der Waals surface area contributed by atoms with Crippen molar-refractivity contribution >= 4 is 26.7 Å². The predicted molar refractivity (Wildman–Crippen MR) is 111 cm³/mol. The second-order valence-electron chi connectivity index (χ2n) is 7.03. The summed E-state index contributed by atoms with van der Waals surface area (Å²) < 4.78 is 49.8. The van der Waals surface area contributed by atoms with Crippen LogP contribution in [0.2, 0.25) is 0 Å². The van der Waals surface area contributed by atoms with Gasteiger partial charge in [0.1, 0.15) is 5.71 Å². The van der Waals surface area contributed by atoms with Crippen LogP contribution in [0.5, 0.6) is 0 Å². The topological polar surface area (TPSA) is 113 Å². The molecule has 0 amide bonds. The van der Waals surface area contributed by atoms with E-state index in [1.54, 1.807) is 27.7 Å². The van der Waals surface area contributed by atoms with Crippen molar-refractivity contribution in [3.05, 3.63) is 0 Å². The zero-order valence-corrected chi connectivity index (χ0v) is 19.6. The lowest BCUT2D eigenvalue weighted by Crippen LogP contribution is -2.42. The monoisotopic (exact) mass is 452 g/mol. The normalized spacial score (nSPS) is 20.3. The van der Waals surface area contributed by atoms with Gasteiger partial charge >= 0.3 is 15.2 Å².